The van der Waals surface area contributed by atoms with E-state index in [1.807, 2.05) is 26.8 Å². The maximum absolute atomic E-state index is 11.0. The molecule has 0 fully saturated rings. The van der Waals surface area contributed by atoms with Gasteiger partial charge in [-0.15, -0.1) is 0 Å². The standard InChI is InChI=1S/C13H20N2O2/c1-8(2)11(5)14-12-6-9(3)10(4)7-13(12)15(16)17/h6-8,11,14H,1-5H3. The van der Waals surface area contributed by atoms with Crippen LogP contribution >= 0.6 is 0 Å². The summed E-state index contributed by atoms with van der Waals surface area (Å²) < 4.78 is 0. The molecule has 1 N–H and O–H groups in total. The third-order valence-corrected chi connectivity index (χ3v) is 3.19. The molecule has 1 aromatic rings. The highest BCUT2D eigenvalue weighted by Crippen LogP contribution is 2.29. The lowest BCUT2D eigenvalue weighted by Crippen LogP contribution is -2.22. The fourth-order valence-corrected chi connectivity index (χ4v) is 1.48. The van der Waals surface area contributed by atoms with Crippen molar-refractivity contribution >= 4 is 11.4 Å². The summed E-state index contributed by atoms with van der Waals surface area (Å²) in [5.74, 6) is 0.427. The molecule has 1 aromatic carbocycles. The van der Waals surface area contributed by atoms with Crippen molar-refractivity contribution in [1.29, 1.82) is 0 Å². The molecule has 0 aromatic heterocycles. The summed E-state index contributed by atoms with van der Waals surface area (Å²) in [5.41, 5.74) is 2.77. The molecule has 0 saturated heterocycles. The Morgan fingerprint density at radius 2 is 1.71 bits per heavy atom. The summed E-state index contributed by atoms with van der Waals surface area (Å²) in [6.07, 6.45) is 0. The molecule has 1 rings (SSSR count). The van der Waals surface area contributed by atoms with E-state index in [0.29, 0.717) is 11.6 Å². The van der Waals surface area contributed by atoms with Gasteiger partial charge in [-0.2, -0.15) is 0 Å². The Morgan fingerprint density at radius 1 is 1.18 bits per heavy atom. The van der Waals surface area contributed by atoms with Crippen molar-refractivity contribution in [3.8, 4) is 0 Å². The SMILES string of the molecule is Cc1cc(NC(C)C(C)C)c([N+](=O)[O-])cc1C. The number of nitro groups is 1. The molecule has 17 heavy (non-hydrogen) atoms. The van der Waals surface area contributed by atoms with Gasteiger partial charge in [0.15, 0.2) is 0 Å². The van der Waals surface area contributed by atoms with E-state index in [9.17, 15) is 10.1 Å². The van der Waals surface area contributed by atoms with Crippen molar-refractivity contribution in [3.05, 3.63) is 33.4 Å². The van der Waals surface area contributed by atoms with E-state index in [4.69, 9.17) is 0 Å². The first-order valence-electron chi connectivity index (χ1n) is 5.85. The van der Waals surface area contributed by atoms with E-state index >= 15 is 0 Å². The van der Waals surface area contributed by atoms with Crippen LogP contribution in [0.5, 0.6) is 0 Å². The third kappa shape index (κ3) is 3.19. The zero-order valence-electron chi connectivity index (χ0n) is 11.1. The van der Waals surface area contributed by atoms with Gasteiger partial charge in [0, 0.05) is 12.1 Å². The number of hydrogen-bond donors (Lipinski definition) is 1. The lowest BCUT2D eigenvalue weighted by atomic mass is 10.0. The summed E-state index contributed by atoms with van der Waals surface area (Å²) in [6, 6.07) is 3.69. The van der Waals surface area contributed by atoms with Crippen LogP contribution in [0.4, 0.5) is 11.4 Å². The maximum Gasteiger partial charge on any atom is 0.292 e. The molecule has 0 saturated carbocycles. The van der Waals surface area contributed by atoms with Gasteiger partial charge in [0.1, 0.15) is 5.69 Å². The normalized spacial score (nSPS) is 12.6. The van der Waals surface area contributed by atoms with Crippen LogP contribution in [0, 0.1) is 29.9 Å². The molecule has 4 nitrogen and oxygen atoms in total. The molecule has 0 amide bonds. The van der Waals surface area contributed by atoms with Gasteiger partial charge in [0.25, 0.3) is 5.69 Å². The Bertz CT molecular complexity index is 428. The van der Waals surface area contributed by atoms with Gasteiger partial charge < -0.3 is 5.32 Å². The lowest BCUT2D eigenvalue weighted by molar-refractivity contribution is -0.384. The molecule has 0 bridgehead atoms. The molecule has 0 radical (unpaired) electrons. The van der Waals surface area contributed by atoms with Crippen LogP contribution in [0.15, 0.2) is 12.1 Å². The minimum Gasteiger partial charge on any atom is -0.377 e. The van der Waals surface area contributed by atoms with Crippen molar-refractivity contribution in [1.82, 2.24) is 0 Å². The molecule has 0 heterocycles. The summed E-state index contributed by atoms with van der Waals surface area (Å²) in [6.45, 7) is 10.1. The largest absolute Gasteiger partial charge is 0.377 e. The van der Waals surface area contributed by atoms with E-state index in [0.717, 1.165) is 11.1 Å². The molecule has 0 aliphatic rings. The second-order valence-electron chi connectivity index (χ2n) is 4.89. The highest BCUT2D eigenvalue weighted by Gasteiger charge is 2.17. The Kier molecular flexibility index (Phi) is 4.10. The number of nitrogens with one attached hydrogen (secondary N) is 1. The highest BCUT2D eigenvalue weighted by molar-refractivity contribution is 5.64. The van der Waals surface area contributed by atoms with Crippen LogP contribution in [0.25, 0.3) is 0 Å². The fourth-order valence-electron chi connectivity index (χ4n) is 1.48. The van der Waals surface area contributed by atoms with Gasteiger partial charge >= 0.3 is 0 Å². The number of nitrogens with zero attached hydrogens (tertiary/aromatic N) is 1. The fraction of sp³-hybridized carbons (Fsp3) is 0.538. The van der Waals surface area contributed by atoms with E-state index in [1.165, 1.54) is 0 Å². The van der Waals surface area contributed by atoms with E-state index in [-0.39, 0.29) is 16.7 Å². The average molecular weight is 236 g/mol. The third-order valence-electron chi connectivity index (χ3n) is 3.19. The van der Waals surface area contributed by atoms with Gasteiger partial charge in [-0.3, -0.25) is 10.1 Å². The maximum atomic E-state index is 11.0. The Morgan fingerprint density at radius 3 is 2.18 bits per heavy atom. The summed E-state index contributed by atoms with van der Waals surface area (Å²) in [7, 11) is 0. The van der Waals surface area contributed by atoms with E-state index < -0.39 is 0 Å². The average Bonchev–Trinajstić information content (AvgIpc) is 2.22. The topological polar surface area (TPSA) is 55.2 Å². The minimum atomic E-state index is -0.332. The van der Waals surface area contributed by atoms with Crippen molar-refractivity contribution in [2.45, 2.75) is 40.7 Å². The predicted octanol–water partition coefficient (Wildman–Crippen LogP) is 3.67. The number of hydrogen-bond acceptors (Lipinski definition) is 3. The first kappa shape index (κ1) is 13.5. The summed E-state index contributed by atoms with van der Waals surface area (Å²) in [5, 5.41) is 14.2. The quantitative estimate of drug-likeness (QED) is 0.641. The zero-order chi connectivity index (χ0) is 13.2. The molecule has 1 atom stereocenters. The molecular weight excluding hydrogens is 216 g/mol. The van der Waals surface area contributed by atoms with Gasteiger partial charge in [-0.25, -0.2) is 0 Å². The van der Waals surface area contributed by atoms with Crippen LogP contribution in [-0.2, 0) is 0 Å². The van der Waals surface area contributed by atoms with Crippen LogP contribution in [0.2, 0.25) is 0 Å². The molecule has 0 aliphatic carbocycles. The zero-order valence-corrected chi connectivity index (χ0v) is 11.1. The molecule has 94 valence electrons. The van der Waals surface area contributed by atoms with Crippen molar-refractivity contribution in [2.75, 3.05) is 5.32 Å². The van der Waals surface area contributed by atoms with Crippen LogP contribution in [0.3, 0.4) is 0 Å². The van der Waals surface area contributed by atoms with E-state index in [1.54, 1.807) is 6.07 Å². The molecular formula is C13H20N2O2. The Balaban J connectivity index is 3.13. The van der Waals surface area contributed by atoms with Crippen molar-refractivity contribution < 1.29 is 4.92 Å². The number of benzene rings is 1. The number of aryl methyl sites for hydroxylation is 2. The lowest BCUT2D eigenvalue weighted by Gasteiger charge is -2.19. The Labute approximate surface area is 102 Å². The van der Waals surface area contributed by atoms with E-state index in [2.05, 4.69) is 19.2 Å². The second-order valence-corrected chi connectivity index (χ2v) is 4.89. The predicted molar refractivity (Wildman–Crippen MR) is 70.5 cm³/mol. The molecule has 0 aliphatic heterocycles. The summed E-state index contributed by atoms with van der Waals surface area (Å²) in [4.78, 5) is 10.7. The first-order valence-corrected chi connectivity index (χ1v) is 5.85. The highest BCUT2D eigenvalue weighted by atomic mass is 16.6. The smallest absolute Gasteiger partial charge is 0.292 e. The summed E-state index contributed by atoms with van der Waals surface area (Å²) >= 11 is 0. The Hall–Kier alpha value is -1.58. The molecule has 4 heteroatoms. The van der Waals surface area contributed by atoms with Crippen LogP contribution in [-0.4, -0.2) is 11.0 Å². The number of rotatable bonds is 4. The van der Waals surface area contributed by atoms with Gasteiger partial charge in [0.05, 0.1) is 4.92 Å². The second kappa shape index (κ2) is 5.17. The van der Waals surface area contributed by atoms with Gasteiger partial charge in [-0.1, -0.05) is 13.8 Å². The van der Waals surface area contributed by atoms with Crippen LogP contribution in [0.1, 0.15) is 31.9 Å². The molecule has 1 unspecified atom stereocenters. The molecule has 0 spiro atoms. The number of nitro benzene ring substituents is 1. The minimum absolute atomic E-state index is 0.153. The van der Waals surface area contributed by atoms with Crippen molar-refractivity contribution in [2.24, 2.45) is 5.92 Å². The monoisotopic (exact) mass is 236 g/mol. The van der Waals surface area contributed by atoms with Gasteiger partial charge in [-0.05, 0) is 43.9 Å². The first-order chi connectivity index (χ1) is 7.82. The number of anilines is 1. The van der Waals surface area contributed by atoms with Gasteiger partial charge in [0.2, 0.25) is 0 Å². The van der Waals surface area contributed by atoms with Crippen LogP contribution < -0.4 is 5.32 Å². The van der Waals surface area contributed by atoms with Crippen molar-refractivity contribution in [3.63, 3.8) is 0 Å².